The van der Waals surface area contributed by atoms with Gasteiger partial charge in [0.1, 0.15) is 17.5 Å². The molecule has 0 fully saturated rings. The molecule has 2 amide bonds. The van der Waals surface area contributed by atoms with Gasteiger partial charge >= 0.3 is 6.03 Å². The van der Waals surface area contributed by atoms with Gasteiger partial charge in [-0.25, -0.2) is 18.0 Å². The van der Waals surface area contributed by atoms with Gasteiger partial charge in [-0.15, -0.1) is 0 Å². The molecule has 2 atom stereocenters. The summed E-state index contributed by atoms with van der Waals surface area (Å²) in [7, 11) is 1.59. The van der Waals surface area contributed by atoms with E-state index in [-0.39, 0.29) is 17.4 Å². The molecule has 0 aliphatic heterocycles. The molecule has 0 aromatic heterocycles. The number of carbonyl (C=O) groups is 1. The van der Waals surface area contributed by atoms with Gasteiger partial charge in [0.05, 0.1) is 12.1 Å². The summed E-state index contributed by atoms with van der Waals surface area (Å²) in [4.78, 5) is 13.8. The first-order valence-electron chi connectivity index (χ1n) is 7.53. The van der Waals surface area contributed by atoms with E-state index in [2.05, 4.69) is 5.32 Å². The molecule has 0 bridgehead atoms. The second-order valence-electron chi connectivity index (χ2n) is 5.68. The maximum absolute atomic E-state index is 13.8. The van der Waals surface area contributed by atoms with Crippen LogP contribution in [0.25, 0.3) is 0 Å². The average Bonchev–Trinajstić information content (AvgIpc) is 2.53. The minimum Gasteiger partial charge on any atom is -0.331 e. The van der Waals surface area contributed by atoms with Crippen molar-refractivity contribution in [3.05, 3.63) is 71.0 Å². The van der Waals surface area contributed by atoms with Crippen LogP contribution in [-0.2, 0) is 0 Å². The van der Waals surface area contributed by atoms with Gasteiger partial charge in [-0.2, -0.15) is 0 Å². The highest BCUT2D eigenvalue weighted by Gasteiger charge is 2.20. The van der Waals surface area contributed by atoms with Gasteiger partial charge < -0.3 is 10.2 Å². The van der Waals surface area contributed by atoms with Crippen LogP contribution in [0, 0.1) is 17.5 Å². The molecule has 3 nitrogen and oxygen atoms in total. The topological polar surface area (TPSA) is 32.3 Å². The maximum atomic E-state index is 13.8. The third-order valence-electron chi connectivity index (χ3n) is 4.02. The minimum absolute atomic E-state index is 0.201. The van der Waals surface area contributed by atoms with Crippen LogP contribution in [0.15, 0.2) is 42.5 Å². The molecule has 24 heavy (non-hydrogen) atoms. The average molecular weight is 336 g/mol. The Balaban J connectivity index is 2.06. The van der Waals surface area contributed by atoms with Crippen LogP contribution in [0.1, 0.15) is 37.1 Å². The van der Waals surface area contributed by atoms with E-state index >= 15 is 0 Å². The summed E-state index contributed by atoms with van der Waals surface area (Å²) in [5, 5.41) is 2.67. The summed E-state index contributed by atoms with van der Waals surface area (Å²) in [6.07, 6.45) is 0. The molecule has 0 spiro atoms. The van der Waals surface area contributed by atoms with E-state index in [0.29, 0.717) is 0 Å². The van der Waals surface area contributed by atoms with Crippen molar-refractivity contribution in [2.45, 2.75) is 25.9 Å². The quantitative estimate of drug-likeness (QED) is 0.872. The van der Waals surface area contributed by atoms with Crippen molar-refractivity contribution in [3.63, 3.8) is 0 Å². The fourth-order valence-corrected chi connectivity index (χ4v) is 2.36. The number of urea groups is 1. The van der Waals surface area contributed by atoms with Gasteiger partial charge in [0.15, 0.2) is 0 Å². The third-order valence-corrected chi connectivity index (χ3v) is 4.02. The maximum Gasteiger partial charge on any atom is 0.318 e. The number of amides is 2. The van der Waals surface area contributed by atoms with Crippen LogP contribution < -0.4 is 5.32 Å². The van der Waals surface area contributed by atoms with Crippen molar-refractivity contribution in [1.29, 1.82) is 0 Å². The monoisotopic (exact) mass is 336 g/mol. The highest BCUT2D eigenvalue weighted by molar-refractivity contribution is 5.75. The molecule has 128 valence electrons. The standard InChI is InChI=1S/C18H19F3N2O/c1-11(16-9-8-15(20)10-17(16)21)22-18(24)23(3)12(2)13-4-6-14(19)7-5-13/h4-12H,1-3H3,(H,22,24). The smallest absolute Gasteiger partial charge is 0.318 e. The zero-order chi connectivity index (χ0) is 17.9. The molecular weight excluding hydrogens is 317 g/mol. The van der Waals surface area contributed by atoms with Gasteiger partial charge in [0.25, 0.3) is 0 Å². The summed E-state index contributed by atoms with van der Waals surface area (Å²) < 4.78 is 39.7. The van der Waals surface area contributed by atoms with Gasteiger partial charge in [0, 0.05) is 18.7 Å². The predicted molar refractivity (Wildman–Crippen MR) is 85.9 cm³/mol. The van der Waals surface area contributed by atoms with E-state index in [1.165, 1.54) is 23.1 Å². The van der Waals surface area contributed by atoms with Crippen molar-refractivity contribution < 1.29 is 18.0 Å². The third kappa shape index (κ3) is 4.07. The van der Waals surface area contributed by atoms with Gasteiger partial charge in [-0.1, -0.05) is 18.2 Å². The Hall–Kier alpha value is -2.50. The van der Waals surface area contributed by atoms with Crippen LogP contribution in [0.3, 0.4) is 0 Å². The second-order valence-corrected chi connectivity index (χ2v) is 5.68. The molecule has 2 rings (SSSR count). The lowest BCUT2D eigenvalue weighted by Crippen LogP contribution is -2.40. The van der Waals surface area contributed by atoms with E-state index in [4.69, 9.17) is 0 Å². The van der Waals surface area contributed by atoms with E-state index < -0.39 is 23.7 Å². The number of nitrogens with one attached hydrogen (secondary N) is 1. The number of benzene rings is 2. The summed E-state index contributed by atoms with van der Waals surface area (Å²) >= 11 is 0. The molecule has 0 heterocycles. The number of halogens is 3. The number of carbonyl (C=O) groups excluding carboxylic acids is 1. The molecule has 0 aliphatic carbocycles. The van der Waals surface area contributed by atoms with Crippen LogP contribution in [0.5, 0.6) is 0 Å². The number of rotatable bonds is 4. The normalized spacial score (nSPS) is 13.2. The first-order chi connectivity index (χ1) is 11.3. The molecular formula is C18H19F3N2O. The fourth-order valence-electron chi connectivity index (χ4n) is 2.36. The fraction of sp³-hybridized carbons (Fsp3) is 0.278. The first-order valence-corrected chi connectivity index (χ1v) is 7.53. The second kappa shape index (κ2) is 7.38. The zero-order valence-corrected chi connectivity index (χ0v) is 13.7. The van der Waals surface area contributed by atoms with Gasteiger partial charge in [-0.05, 0) is 37.6 Å². The SMILES string of the molecule is CC(NC(=O)N(C)C(C)c1ccc(F)cc1)c1ccc(F)cc1F. The lowest BCUT2D eigenvalue weighted by atomic mass is 10.1. The molecule has 2 aromatic carbocycles. The molecule has 6 heteroatoms. The zero-order valence-electron chi connectivity index (χ0n) is 13.7. The molecule has 0 radical (unpaired) electrons. The Labute approximate surface area is 139 Å². The molecule has 1 N–H and O–H groups in total. The van der Waals surface area contributed by atoms with Crippen LogP contribution >= 0.6 is 0 Å². The van der Waals surface area contributed by atoms with Crippen LogP contribution in [0.4, 0.5) is 18.0 Å². The van der Waals surface area contributed by atoms with E-state index in [1.54, 1.807) is 33.0 Å². The van der Waals surface area contributed by atoms with E-state index in [0.717, 1.165) is 17.7 Å². The predicted octanol–water partition coefficient (Wildman–Crippen LogP) is 4.57. The number of nitrogens with zero attached hydrogens (tertiary/aromatic N) is 1. The van der Waals surface area contributed by atoms with Crippen molar-refractivity contribution in [3.8, 4) is 0 Å². The molecule has 2 aromatic rings. The summed E-state index contributed by atoms with van der Waals surface area (Å²) in [5.74, 6) is -1.73. The summed E-state index contributed by atoms with van der Waals surface area (Å²) in [5.41, 5.74) is 0.974. The molecule has 0 aliphatic rings. The summed E-state index contributed by atoms with van der Waals surface area (Å²) in [6, 6.07) is 7.76. The first kappa shape index (κ1) is 17.8. The molecule has 0 saturated heterocycles. The molecule has 0 saturated carbocycles. The summed E-state index contributed by atoms with van der Waals surface area (Å²) in [6.45, 7) is 3.42. The lowest BCUT2D eigenvalue weighted by molar-refractivity contribution is 0.191. The van der Waals surface area contributed by atoms with Crippen molar-refractivity contribution >= 4 is 6.03 Å². The van der Waals surface area contributed by atoms with E-state index in [9.17, 15) is 18.0 Å². The highest BCUT2D eigenvalue weighted by Crippen LogP contribution is 2.21. The van der Waals surface area contributed by atoms with E-state index in [1.807, 2.05) is 0 Å². The number of hydrogen-bond donors (Lipinski definition) is 1. The Morgan fingerprint density at radius 3 is 2.17 bits per heavy atom. The minimum atomic E-state index is -0.711. The van der Waals surface area contributed by atoms with Crippen molar-refractivity contribution in [1.82, 2.24) is 10.2 Å². The van der Waals surface area contributed by atoms with Crippen LogP contribution in [0.2, 0.25) is 0 Å². The number of hydrogen-bond acceptors (Lipinski definition) is 1. The van der Waals surface area contributed by atoms with Gasteiger partial charge in [0.2, 0.25) is 0 Å². The Morgan fingerprint density at radius 1 is 1.00 bits per heavy atom. The van der Waals surface area contributed by atoms with Crippen LogP contribution in [-0.4, -0.2) is 18.0 Å². The largest absolute Gasteiger partial charge is 0.331 e. The lowest BCUT2D eigenvalue weighted by Gasteiger charge is -2.27. The van der Waals surface area contributed by atoms with Gasteiger partial charge in [-0.3, -0.25) is 0 Å². The van der Waals surface area contributed by atoms with Crippen molar-refractivity contribution in [2.24, 2.45) is 0 Å². The Kier molecular flexibility index (Phi) is 5.49. The highest BCUT2D eigenvalue weighted by atomic mass is 19.1. The molecule has 2 unspecified atom stereocenters. The Bertz CT molecular complexity index is 719. The Morgan fingerprint density at radius 2 is 1.58 bits per heavy atom. The van der Waals surface area contributed by atoms with Crippen molar-refractivity contribution in [2.75, 3.05) is 7.05 Å².